The largest absolute Gasteiger partial charge is 0.497 e. The predicted molar refractivity (Wildman–Crippen MR) is 103 cm³/mol. The fourth-order valence-electron chi connectivity index (χ4n) is 2.35. The van der Waals surface area contributed by atoms with E-state index in [0.717, 1.165) is 21.5 Å². The van der Waals surface area contributed by atoms with Crippen molar-refractivity contribution in [2.24, 2.45) is 0 Å². The molecule has 0 saturated carbocycles. The van der Waals surface area contributed by atoms with Crippen molar-refractivity contribution in [2.45, 2.75) is 0 Å². The maximum absolute atomic E-state index is 12.2. The molecular weight excluding hydrogens is 352 g/mol. The molecule has 3 rings (SSSR count). The maximum atomic E-state index is 12.2. The summed E-state index contributed by atoms with van der Waals surface area (Å²) in [5.41, 5.74) is 1.59. The van der Waals surface area contributed by atoms with E-state index in [1.54, 1.807) is 39.5 Å². The molecule has 26 heavy (non-hydrogen) atoms. The molecule has 0 aliphatic rings. The van der Waals surface area contributed by atoms with Gasteiger partial charge in [-0.15, -0.1) is 0 Å². The molecule has 3 aromatic rings. The van der Waals surface area contributed by atoms with Crippen LogP contribution in [-0.4, -0.2) is 32.2 Å². The number of aromatic nitrogens is 1. The SMILES string of the molecule is COc1ccc(/C=C/C(=O)Nc2nc3ccc(OC)cc3s2)c(OC)c1. The van der Waals surface area contributed by atoms with Crippen molar-refractivity contribution in [3.8, 4) is 17.2 Å². The topological polar surface area (TPSA) is 69.7 Å². The van der Waals surface area contributed by atoms with Gasteiger partial charge < -0.3 is 14.2 Å². The van der Waals surface area contributed by atoms with E-state index in [4.69, 9.17) is 14.2 Å². The molecule has 0 bridgehead atoms. The fraction of sp³-hybridized carbons (Fsp3) is 0.158. The van der Waals surface area contributed by atoms with Gasteiger partial charge in [0.05, 0.1) is 31.5 Å². The Balaban J connectivity index is 1.73. The van der Waals surface area contributed by atoms with E-state index in [2.05, 4.69) is 10.3 Å². The van der Waals surface area contributed by atoms with E-state index < -0.39 is 0 Å². The van der Waals surface area contributed by atoms with Gasteiger partial charge in [0.25, 0.3) is 0 Å². The Hall–Kier alpha value is -3.06. The second-order valence-electron chi connectivity index (χ2n) is 5.28. The first-order chi connectivity index (χ1) is 12.6. The Bertz CT molecular complexity index is 965. The first-order valence-electron chi connectivity index (χ1n) is 7.78. The number of carbonyl (C=O) groups is 1. The highest BCUT2D eigenvalue weighted by atomic mass is 32.1. The second kappa shape index (κ2) is 7.88. The normalized spacial score (nSPS) is 10.9. The standard InChI is InChI=1S/C19H18N2O4S/c1-23-13-6-4-12(16(10-13)25-3)5-9-18(22)21-19-20-15-8-7-14(24-2)11-17(15)26-19/h4-11H,1-3H3,(H,20,21,22)/b9-5+. The first kappa shape index (κ1) is 17.8. The van der Waals surface area contributed by atoms with Crippen LogP contribution in [0.5, 0.6) is 17.2 Å². The van der Waals surface area contributed by atoms with Crippen molar-refractivity contribution >= 4 is 38.7 Å². The van der Waals surface area contributed by atoms with Gasteiger partial charge in [-0.05, 0) is 36.4 Å². The van der Waals surface area contributed by atoms with Crippen LogP contribution in [-0.2, 0) is 4.79 Å². The lowest BCUT2D eigenvalue weighted by molar-refractivity contribution is -0.111. The van der Waals surface area contributed by atoms with Gasteiger partial charge in [0.1, 0.15) is 17.2 Å². The monoisotopic (exact) mass is 370 g/mol. The Morgan fingerprint density at radius 1 is 1.04 bits per heavy atom. The number of thiazole rings is 1. The molecule has 1 aromatic heterocycles. The summed E-state index contributed by atoms with van der Waals surface area (Å²) < 4.78 is 16.6. The Morgan fingerprint density at radius 2 is 1.77 bits per heavy atom. The van der Waals surface area contributed by atoms with Gasteiger partial charge in [-0.2, -0.15) is 0 Å². The minimum atomic E-state index is -0.270. The van der Waals surface area contributed by atoms with Crippen molar-refractivity contribution < 1.29 is 19.0 Å². The number of ether oxygens (including phenoxy) is 3. The molecule has 1 heterocycles. The lowest BCUT2D eigenvalue weighted by Gasteiger charge is -2.07. The smallest absolute Gasteiger partial charge is 0.250 e. The number of nitrogens with zero attached hydrogens (tertiary/aromatic N) is 1. The number of anilines is 1. The van der Waals surface area contributed by atoms with Crippen molar-refractivity contribution in [3.05, 3.63) is 48.0 Å². The molecule has 1 N–H and O–H groups in total. The van der Waals surface area contributed by atoms with Crippen molar-refractivity contribution in [1.29, 1.82) is 0 Å². The third kappa shape index (κ3) is 3.94. The number of methoxy groups -OCH3 is 3. The number of rotatable bonds is 6. The molecule has 0 spiro atoms. The molecule has 0 saturated heterocycles. The summed E-state index contributed by atoms with van der Waals surface area (Å²) in [6.07, 6.45) is 3.13. The van der Waals surface area contributed by atoms with Crippen LogP contribution in [0.1, 0.15) is 5.56 Å². The molecule has 0 aliphatic carbocycles. The minimum absolute atomic E-state index is 0.270. The van der Waals surface area contributed by atoms with E-state index in [-0.39, 0.29) is 5.91 Å². The number of carbonyl (C=O) groups excluding carboxylic acids is 1. The lowest BCUT2D eigenvalue weighted by atomic mass is 10.1. The second-order valence-corrected chi connectivity index (χ2v) is 6.31. The van der Waals surface area contributed by atoms with Gasteiger partial charge in [-0.1, -0.05) is 11.3 Å². The van der Waals surface area contributed by atoms with Gasteiger partial charge in [-0.25, -0.2) is 4.98 Å². The highest BCUT2D eigenvalue weighted by molar-refractivity contribution is 7.22. The summed E-state index contributed by atoms with van der Waals surface area (Å²) in [4.78, 5) is 16.6. The summed E-state index contributed by atoms with van der Waals surface area (Å²) in [5.74, 6) is 1.80. The predicted octanol–water partition coefficient (Wildman–Crippen LogP) is 3.97. The molecule has 0 fully saturated rings. The van der Waals surface area contributed by atoms with Crippen LogP contribution in [0.3, 0.4) is 0 Å². The third-order valence-electron chi connectivity index (χ3n) is 3.68. The van der Waals surface area contributed by atoms with Gasteiger partial charge in [0, 0.05) is 17.7 Å². The number of amides is 1. The van der Waals surface area contributed by atoms with Gasteiger partial charge in [0.2, 0.25) is 5.91 Å². The highest BCUT2D eigenvalue weighted by Gasteiger charge is 2.08. The number of benzene rings is 2. The summed E-state index contributed by atoms with van der Waals surface area (Å²) in [6, 6.07) is 11.0. The maximum Gasteiger partial charge on any atom is 0.250 e. The number of hydrogen-bond donors (Lipinski definition) is 1. The quantitative estimate of drug-likeness (QED) is 0.665. The molecule has 7 heteroatoms. The van der Waals surface area contributed by atoms with Crippen LogP contribution in [0, 0.1) is 0 Å². The van der Waals surface area contributed by atoms with Crippen LogP contribution < -0.4 is 19.5 Å². The summed E-state index contributed by atoms with van der Waals surface area (Å²) >= 11 is 1.39. The highest BCUT2D eigenvalue weighted by Crippen LogP contribution is 2.29. The van der Waals surface area contributed by atoms with E-state index >= 15 is 0 Å². The Kier molecular flexibility index (Phi) is 5.38. The molecule has 0 radical (unpaired) electrons. The molecule has 1 amide bonds. The molecule has 0 aliphatic heterocycles. The first-order valence-corrected chi connectivity index (χ1v) is 8.60. The molecule has 0 unspecified atom stereocenters. The summed E-state index contributed by atoms with van der Waals surface area (Å²) in [6.45, 7) is 0. The lowest BCUT2D eigenvalue weighted by Crippen LogP contribution is -2.07. The number of nitrogens with one attached hydrogen (secondary N) is 1. The Labute approximate surface area is 155 Å². The average molecular weight is 370 g/mol. The van der Waals surface area contributed by atoms with Crippen LogP contribution >= 0.6 is 11.3 Å². The van der Waals surface area contributed by atoms with Gasteiger partial charge in [-0.3, -0.25) is 10.1 Å². The zero-order valence-corrected chi connectivity index (χ0v) is 15.4. The van der Waals surface area contributed by atoms with Crippen molar-refractivity contribution in [3.63, 3.8) is 0 Å². The van der Waals surface area contributed by atoms with Crippen LogP contribution in [0.2, 0.25) is 0 Å². The average Bonchev–Trinajstić information content (AvgIpc) is 3.07. The molecule has 134 valence electrons. The van der Waals surface area contributed by atoms with Crippen molar-refractivity contribution in [1.82, 2.24) is 4.98 Å². The van der Waals surface area contributed by atoms with E-state index in [0.29, 0.717) is 16.6 Å². The Morgan fingerprint density at radius 3 is 2.50 bits per heavy atom. The molecule has 2 aromatic carbocycles. The minimum Gasteiger partial charge on any atom is -0.497 e. The van der Waals surface area contributed by atoms with Crippen LogP contribution in [0.25, 0.3) is 16.3 Å². The fourth-order valence-corrected chi connectivity index (χ4v) is 3.25. The van der Waals surface area contributed by atoms with E-state index in [1.807, 2.05) is 24.3 Å². The van der Waals surface area contributed by atoms with E-state index in [9.17, 15) is 4.79 Å². The number of hydrogen-bond acceptors (Lipinski definition) is 6. The van der Waals surface area contributed by atoms with Crippen LogP contribution in [0.4, 0.5) is 5.13 Å². The van der Waals surface area contributed by atoms with Gasteiger partial charge in [0.15, 0.2) is 5.13 Å². The molecule has 0 atom stereocenters. The van der Waals surface area contributed by atoms with Gasteiger partial charge >= 0.3 is 0 Å². The summed E-state index contributed by atoms with van der Waals surface area (Å²) in [7, 11) is 4.77. The van der Waals surface area contributed by atoms with Crippen molar-refractivity contribution in [2.75, 3.05) is 26.6 Å². The molecule has 6 nitrogen and oxygen atoms in total. The van der Waals surface area contributed by atoms with E-state index in [1.165, 1.54) is 17.4 Å². The number of fused-ring (bicyclic) bond motifs is 1. The van der Waals surface area contributed by atoms with Crippen LogP contribution in [0.15, 0.2) is 42.5 Å². The zero-order chi connectivity index (χ0) is 18.5. The third-order valence-corrected chi connectivity index (χ3v) is 4.61. The molecular formula is C19H18N2O4S. The summed E-state index contributed by atoms with van der Waals surface area (Å²) in [5, 5.41) is 3.31. The zero-order valence-electron chi connectivity index (χ0n) is 14.6.